The quantitative estimate of drug-likeness (QED) is 0.830. The van der Waals surface area contributed by atoms with Crippen LogP contribution in [0.2, 0.25) is 0 Å². The maximum absolute atomic E-state index is 12.7. The van der Waals surface area contributed by atoms with Crippen LogP contribution in [0.1, 0.15) is 64.7 Å². The van der Waals surface area contributed by atoms with Crippen molar-refractivity contribution in [3.8, 4) is 0 Å². The number of carbonyl (C=O) groups excluding carboxylic acids is 1. The van der Waals surface area contributed by atoms with Gasteiger partial charge < -0.3 is 5.73 Å². The summed E-state index contributed by atoms with van der Waals surface area (Å²) in [7, 11) is 0. The second kappa shape index (κ2) is 6.70. The van der Waals surface area contributed by atoms with Crippen LogP contribution in [-0.4, -0.2) is 12.3 Å². The summed E-state index contributed by atoms with van der Waals surface area (Å²) >= 11 is 0. The predicted molar refractivity (Wildman–Crippen MR) is 75.2 cm³/mol. The molecule has 0 aliphatic heterocycles. The van der Waals surface area contributed by atoms with E-state index < -0.39 is 0 Å². The van der Waals surface area contributed by atoms with E-state index in [0.717, 1.165) is 25.2 Å². The lowest BCUT2D eigenvalue weighted by Crippen LogP contribution is -2.36. The van der Waals surface area contributed by atoms with Gasteiger partial charge in [-0.3, -0.25) is 4.79 Å². The molecule has 2 saturated carbocycles. The molecule has 2 atom stereocenters. The van der Waals surface area contributed by atoms with E-state index in [-0.39, 0.29) is 0 Å². The molecule has 104 valence electrons. The van der Waals surface area contributed by atoms with Crippen LogP contribution in [0.5, 0.6) is 0 Å². The average molecular weight is 251 g/mol. The van der Waals surface area contributed by atoms with Crippen LogP contribution in [0.15, 0.2) is 0 Å². The lowest BCUT2D eigenvalue weighted by molar-refractivity contribution is -0.130. The Labute approximate surface area is 112 Å². The number of nitrogens with two attached hydrogens (primary N) is 1. The minimum absolute atomic E-state index is 0.298. The van der Waals surface area contributed by atoms with Gasteiger partial charge in [-0.15, -0.1) is 0 Å². The Kier molecular flexibility index (Phi) is 5.23. The average Bonchev–Trinajstić information content (AvgIpc) is 2.46. The SMILES string of the molecule is CCC1CCC(C(=O)C2CCCCC2CN)CC1. The smallest absolute Gasteiger partial charge is 0.139 e. The van der Waals surface area contributed by atoms with Gasteiger partial charge >= 0.3 is 0 Å². The predicted octanol–water partition coefficient (Wildman–Crippen LogP) is 3.54. The minimum atomic E-state index is 0.298. The zero-order valence-electron chi connectivity index (χ0n) is 11.9. The van der Waals surface area contributed by atoms with Crippen molar-refractivity contribution >= 4 is 5.78 Å². The first kappa shape index (κ1) is 14.0. The van der Waals surface area contributed by atoms with Gasteiger partial charge in [0.15, 0.2) is 0 Å². The van der Waals surface area contributed by atoms with Gasteiger partial charge in [-0.2, -0.15) is 0 Å². The van der Waals surface area contributed by atoms with Crippen LogP contribution < -0.4 is 5.73 Å². The van der Waals surface area contributed by atoms with Crippen molar-refractivity contribution < 1.29 is 4.79 Å². The van der Waals surface area contributed by atoms with Crippen molar-refractivity contribution in [2.75, 3.05) is 6.54 Å². The van der Waals surface area contributed by atoms with Gasteiger partial charge in [0.2, 0.25) is 0 Å². The third-order valence-electron chi connectivity index (χ3n) is 5.40. The summed E-state index contributed by atoms with van der Waals surface area (Å²) in [4.78, 5) is 12.7. The van der Waals surface area contributed by atoms with Crippen LogP contribution >= 0.6 is 0 Å². The summed E-state index contributed by atoms with van der Waals surface area (Å²) in [6.07, 6.45) is 10.9. The molecule has 0 aromatic heterocycles. The number of hydrogen-bond acceptors (Lipinski definition) is 2. The first-order chi connectivity index (χ1) is 8.76. The molecular weight excluding hydrogens is 222 g/mol. The molecule has 0 radical (unpaired) electrons. The third-order valence-corrected chi connectivity index (χ3v) is 5.40. The molecule has 2 N–H and O–H groups in total. The van der Waals surface area contributed by atoms with Crippen molar-refractivity contribution in [1.29, 1.82) is 0 Å². The fraction of sp³-hybridized carbons (Fsp3) is 0.938. The normalized spacial score (nSPS) is 37.4. The van der Waals surface area contributed by atoms with E-state index in [0.29, 0.717) is 30.1 Å². The van der Waals surface area contributed by atoms with Crippen LogP contribution in [0.25, 0.3) is 0 Å². The molecule has 2 fully saturated rings. The Hall–Kier alpha value is -0.370. The lowest BCUT2D eigenvalue weighted by Gasteiger charge is -2.34. The molecule has 0 heterocycles. The van der Waals surface area contributed by atoms with Crippen molar-refractivity contribution in [2.24, 2.45) is 29.4 Å². The van der Waals surface area contributed by atoms with Gasteiger partial charge in [-0.25, -0.2) is 0 Å². The summed E-state index contributed by atoms with van der Waals surface area (Å²) in [6.45, 7) is 2.99. The molecule has 0 aromatic carbocycles. The molecule has 0 spiro atoms. The van der Waals surface area contributed by atoms with Crippen molar-refractivity contribution in [3.63, 3.8) is 0 Å². The maximum atomic E-state index is 12.7. The van der Waals surface area contributed by atoms with Gasteiger partial charge in [-0.1, -0.05) is 26.2 Å². The van der Waals surface area contributed by atoms with E-state index in [1.165, 1.54) is 38.5 Å². The van der Waals surface area contributed by atoms with E-state index in [1.807, 2.05) is 0 Å². The van der Waals surface area contributed by atoms with Gasteiger partial charge in [0, 0.05) is 11.8 Å². The fourth-order valence-corrected chi connectivity index (χ4v) is 4.02. The Morgan fingerprint density at radius 2 is 1.72 bits per heavy atom. The zero-order valence-corrected chi connectivity index (χ0v) is 11.9. The highest BCUT2D eigenvalue weighted by molar-refractivity contribution is 5.83. The maximum Gasteiger partial charge on any atom is 0.139 e. The van der Waals surface area contributed by atoms with Crippen molar-refractivity contribution in [1.82, 2.24) is 0 Å². The van der Waals surface area contributed by atoms with Crippen LogP contribution in [0.3, 0.4) is 0 Å². The molecule has 0 bridgehead atoms. The van der Waals surface area contributed by atoms with E-state index in [4.69, 9.17) is 5.73 Å². The topological polar surface area (TPSA) is 43.1 Å². The van der Waals surface area contributed by atoms with Gasteiger partial charge in [-0.05, 0) is 56.9 Å². The van der Waals surface area contributed by atoms with E-state index >= 15 is 0 Å². The fourth-order valence-electron chi connectivity index (χ4n) is 4.02. The van der Waals surface area contributed by atoms with Gasteiger partial charge in [0.25, 0.3) is 0 Å². The first-order valence-electron chi connectivity index (χ1n) is 8.00. The number of rotatable bonds is 4. The molecule has 2 aliphatic carbocycles. The molecule has 2 nitrogen and oxygen atoms in total. The summed E-state index contributed by atoms with van der Waals surface area (Å²) in [5, 5.41) is 0. The molecule has 0 amide bonds. The van der Waals surface area contributed by atoms with Crippen molar-refractivity contribution in [3.05, 3.63) is 0 Å². The Morgan fingerprint density at radius 3 is 2.33 bits per heavy atom. The van der Waals surface area contributed by atoms with Gasteiger partial charge in [0.05, 0.1) is 0 Å². The van der Waals surface area contributed by atoms with Gasteiger partial charge in [0.1, 0.15) is 5.78 Å². The highest BCUT2D eigenvalue weighted by Crippen LogP contribution is 2.37. The standard InChI is InChI=1S/C16H29NO/c1-2-12-7-9-13(10-8-12)16(18)15-6-4-3-5-14(15)11-17/h12-15H,2-11,17H2,1H3. The highest BCUT2D eigenvalue weighted by atomic mass is 16.1. The summed E-state index contributed by atoms with van der Waals surface area (Å²) < 4.78 is 0. The highest BCUT2D eigenvalue weighted by Gasteiger charge is 2.35. The molecule has 0 saturated heterocycles. The van der Waals surface area contributed by atoms with Crippen LogP contribution in [0, 0.1) is 23.7 Å². The third kappa shape index (κ3) is 3.14. The molecule has 2 heteroatoms. The van der Waals surface area contributed by atoms with E-state index in [1.54, 1.807) is 0 Å². The summed E-state index contributed by atoms with van der Waals surface area (Å²) in [5.74, 6) is 2.59. The van der Waals surface area contributed by atoms with Crippen LogP contribution in [-0.2, 0) is 4.79 Å². The number of ketones is 1. The minimum Gasteiger partial charge on any atom is -0.330 e. The van der Waals surface area contributed by atoms with Crippen molar-refractivity contribution in [2.45, 2.75) is 64.7 Å². The Bertz CT molecular complexity index is 268. The molecule has 2 unspecified atom stereocenters. The summed E-state index contributed by atoms with van der Waals surface area (Å²) in [5.41, 5.74) is 5.85. The molecule has 18 heavy (non-hydrogen) atoms. The second-order valence-electron chi connectivity index (χ2n) is 6.41. The Balaban J connectivity index is 1.90. The van der Waals surface area contributed by atoms with E-state index in [2.05, 4.69) is 6.92 Å². The monoisotopic (exact) mass is 251 g/mol. The first-order valence-corrected chi connectivity index (χ1v) is 8.00. The lowest BCUT2D eigenvalue weighted by atomic mass is 9.70. The second-order valence-corrected chi connectivity index (χ2v) is 6.41. The number of hydrogen-bond donors (Lipinski definition) is 1. The van der Waals surface area contributed by atoms with Crippen LogP contribution in [0.4, 0.5) is 0 Å². The van der Waals surface area contributed by atoms with E-state index in [9.17, 15) is 4.79 Å². The summed E-state index contributed by atoms with van der Waals surface area (Å²) in [6, 6.07) is 0. The number of Topliss-reactive ketones (excluding diaryl/α,β-unsaturated/α-hetero) is 1. The Morgan fingerprint density at radius 1 is 1.06 bits per heavy atom. The molecule has 2 rings (SSSR count). The molecular formula is C16H29NO. The molecule has 2 aliphatic rings. The largest absolute Gasteiger partial charge is 0.330 e. The zero-order chi connectivity index (χ0) is 13.0. The molecule has 0 aromatic rings. The number of carbonyl (C=O) groups is 1.